The molecule has 5 heterocycles. The number of imide groups is 1. The molecule has 0 radical (unpaired) electrons. The Bertz CT molecular complexity index is 2070. The number of rotatable bonds is 9. The number of piperidine rings is 2. The first-order valence-electron chi connectivity index (χ1n) is 18.2. The molecule has 5 amide bonds. The predicted molar refractivity (Wildman–Crippen MR) is 197 cm³/mol. The maximum atomic E-state index is 13.2. The van der Waals surface area contributed by atoms with Gasteiger partial charge in [0.05, 0.1) is 25.2 Å². The van der Waals surface area contributed by atoms with Gasteiger partial charge in [-0.15, -0.1) is 0 Å². The third-order valence-electron chi connectivity index (χ3n) is 11.0. The van der Waals surface area contributed by atoms with Crippen molar-refractivity contribution < 1.29 is 24.0 Å². The number of hydrogen-bond acceptors (Lipinski definition) is 8. The van der Waals surface area contributed by atoms with E-state index in [1.807, 2.05) is 66.7 Å². The van der Waals surface area contributed by atoms with Crippen LogP contribution in [0, 0.1) is 0 Å². The topological polar surface area (TPSA) is 151 Å². The fourth-order valence-corrected chi connectivity index (χ4v) is 8.01. The number of carbonyl (C=O) groups is 5. The van der Waals surface area contributed by atoms with E-state index >= 15 is 0 Å². The molecule has 4 aliphatic rings. The van der Waals surface area contributed by atoms with Crippen LogP contribution in [0.25, 0.3) is 0 Å². The molecular weight excluding hydrogens is 672 g/mol. The smallest absolute Gasteiger partial charge is 0.256 e. The lowest BCUT2D eigenvalue weighted by Crippen LogP contribution is -2.52. The van der Waals surface area contributed by atoms with Crippen molar-refractivity contribution in [1.82, 2.24) is 30.2 Å². The van der Waals surface area contributed by atoms with E-state index in [0.29, 0.717) is 55.5 Å². The van der Waals surface area contributed by atoms with Crippen molar-refractivity contribution in [2.45, 2.75) is 70.4 Å². The molecular formula is C40H42N8O5. The Kier molecular flexibility index (Phi) is 9.25. The average molecular weight is 715 g/mol. The molecule has 0 aliphatic carbocycles. The molecule has 2 saturated heterocycles. The van der Waals surface area contributed by atoms with Gasteiger partial charge in [-0.2, -0.15) is 5.10 Å². The van der Waals surface area contributed by atoms with Gasteiger partial charge in [-0.3, -0.25) is 39.3 Å². The largest absolute Gasteiger partial charge is 0.371 e. The van der Waals surface area contributed by atoms with Crippen LogP contribution in [0.2, 0.25) is 0 Å². The number of aromatic nitrogens is 2. The first-order chi connectivity index (χ1) is 25.7. The summed E-state index contributed by atoms with van der Waals surface area (Å²) in [7, 11) is 2.14. The van der Waals surface area contributed by atoms with Gasteiger partial charge in [-0.25, -0.2) is 0 Å². The van der Waals surface area contributed by atoms with Crippen molar-refractivity contribution >= 4 is 41.0 Å². The number of aromatic amines is 1. The quantitative estimate of drug-likeness (QED) is 0.223. The highest BCUT2D eigenvalue weighted by molar-refractivity contribution is 6.06. The van der Waals surface area contributed by atoms with Crippen LogP contribution >= 0.6 is 0 Å². The van der Waals surface area contributed by atoms with Crippen molar-refractivity contribution in [2.75, 3.05) is 30.4 Å². The third-order valence-corrected chi connectivity index (χ3v) is 11.0. The number of nitrogens with one attached hydrogen (secondary N) is 3. The summed E-state index contributed by atoms with van der Waals surface area (Å²) in [5.41, 5.74) is 6.92. The average Bonchev–Trinajstić information content (AvgIpc) is 3.86. The van der Waals surface area contributed by atoms with Crippen LogP contribution in [0.15, 0.2) is 72.8 Å². The molecule has 1 unspecified atom stereocenters. The van der Waals surface area contributed by atoms with Gasteiger partial charge < -0.3 is 20.0 Å². The summed E-state index contributed by atoms with van der Waals surface area (Å²) in [5.74, 6) is -0.605. The van der Waals surface area contributed by atoms with Gasteiger partial charge >= 0.3 is 0 Å². The standard InChI is InChI=1S/C40H42N8O5/c1-45(21-26-7-12-31-28(19-26)22-48(40(31)53)34-13-14-35(49)41-39(34)52)29-15-17-46(18-16-29)30-10-8-27(9-11-30)38(51)42-37-32-23-47(24-33(32)43-44-37)36(50)20-25-5-3-2-4-6-25/h2-12,19,29,34H,13-18,20-24H2,1H3,(H,41,49,52)(H2,42,43,44,51). The number of nitrogens with zero attached hydrogens (tertiary/aromatic N) is 5. The first-order valence-corrected chi connectivity index (χ1v) is 18.2. The van der Waals surface area contributed by atoms with Crippen LogP contribution in [-0.2, 0) is 47.0 Å². The van der Waals surface area contributed by atoms with E-state index in [1.54, 1.807) is 9.80 Å². The molecule has 0 saturated carbocycles. The second-order valence-corrected chi connectivity index (χ2v) is 14.5. The van der Waals surface area contributed by atoms with Crippen LogP contribution in [0.1, 0.15) is 74.3 Å². The second kappa shape index (κ2) is 14.3. The Morgan fingerprint density at radius 3 is 2.43 bits per heavy atom. The summed E-state index contributed by atoms with van der Waals surface area (Å²) in [4.78, 5) is 71.3. The van der Waals surface area contributed by atoms with Crippen LogP contribution < -0.4 is 15.5 Å². The van der Waals surface area contributed by atoms with E-state index in [4.69, 9.17) is 0 Å². The predicted octanol–water partition coefficient (Wildman–Crippen LogP) is 3.61. The van der Waals surface area contributed by atoms with Crippen molar-refractivity contribution in [1.29, 1.82) is 0 Å². The number of amides is 5. The SMILES string of the molecule is CN(Cc1ccc2c(c1)CN(C1CCC(=O)NC1=O)C2=O)C1CCN(c2ccc(C(=O)Nc3n[nH]c4c3CN(C(=O)Cc3ccccc3)C4)cc2)CC1. The van der Waals surface area contributed by atoms with Crippen LogP contribution in [0.4, 0.5) is 11.5 Å². The highest BCUT2D eigenvalue weighted by Gasteiger charge is 2.39. The van der Waals surface area contributed by atoms with Gasteiger partial charge in [0, 0.05) is 61.0 Å². The summed E-state index contributed by atoms with van der Waals surface area (Å²) >= 11 is 0. The molecule has 8 rings (SSSR count). The molecule has 1 aromatic heterocycles. The molecule has 2 fully saturated rings. The molecule has 13 nitrogen and oxygen atoms in total. The first kappa shape index (κ1) is 34.3. The van der Waals surface area contributed by atoms with E-state index in [0.717, 1.165) is 66.1 Å². The summed E-state index contributed by atoms with van der Waals surface area (Å²) < 4.78 is 0. The summed E-state index contributed by atoms with van der Waals surface area (Å²) in [6.07, 6.45) is 2.90. The maximum Gasteiger partial charge on any atom is 0.256 e. The Balaban J connectivity index is 0.813. The zero-order valence-electron chi connectivity index (χ0n) is 29.6. The highest BCUT2D eigenvalue weighted by atomic mass is 16.2. The highest BCUT2D eigenvalue weighted by Crippen LogP contribution is 2.31. The molecule has 272 valence electrons. The lowest BCUT2D eigenvalue weighted by atomic mass is 10.0. The van der Waals surface area contributed by atoms with Crippen molar-refractivity contribution in [2.24, 2.45) is 0 Å². The normalized spacial score (nSPS) is 18.7. The zero-order chi connectivity index (χ0) is 36.6. The van der Waals surface area contributed by atoms with E-state index in [1.165, 1.54) is 0 Å². The molecule has 4 aliphatic heterocycles. The minimum Gasteiger partial charge on any atom is -0.371 e. The molecule has 3 N–H and O–H groups in total. The minimum absolute atomic E-state index is 0.0313. The third kappa shape index (κ3) is 7.04. The molecule has 1 atom stereocenters. The minimum atomic E-state index is -0.614. The van der Waals surface area contributed by atoms with Crippen LogP contribution in [0.3, 0.4) is 0 Å². The Morgan fingerprint density at radius 2 is 1.68 bits per heavy atom. The Labute approximate surface area is 307 Å². The van der Waals surface area contributed by atoms with Gasteiger partial charge in [-0.05, 0) is 73.3 Å². The lowest BCUT2D eigenvalue weighted by Gasteiger charge is -2.38. The fraction of sp³-hybridized carbons (Fsp3) is 0.350. The van der Waals surface area contributed by atoms with Gasteiger partial charge in [0.2, 0.25) is 17.7 Å². The summed E-state index contributed by atoms with van der Waals surface area (Å²) in [6.45, 7) is 3.73. The van der Waals surface area contributed by atoms with Gasteiger partial charge in [-0.1, -0.05) is 42.5 Å². The number of anilines is 2. The summed E-state index contributed by atoms with van der Waals surface area (Å²) in [6, 6.07) is 23.0. The molecule has 0 spiro atoms. The molecule has 13 heteroatoms. The van der Waals surface area contributed by atoms with Crippen LogP contribution in [-0.4, -0.2) is 86.7 Å². The Hall–Kier alpha value is -5.82. The van der Waals surface area contributed by atoms with Crippen molar-refractivity contribution in [3.63, 3.8) is 0 Å². The molecule has 4 aromatic rings. The van der Waals surface area contributed by atoms with Gasteiger partial charge in [0.15, 0.2) is 5.82 Å². The molecule has 3 aromatic carbocycles. The number of benzene rings is 3. The summed E-state index contributed by atoms with van der Waals surface area (Å²) in [5, 5.41) is 12.6. The molecule has 0 bridgehead atoms. The van der Waals surface area contributed by atoms with Gasteiger partial charge in [0.1, 0.15) is 6.04 Å². The second-order valence-electron chi connectivity index (χ2n) is 14.5. The van der Waals surface area contributed by atoms with Gasteiger partial charge in [0.25, 0.3) is 11.8 Å². The van der Waals surface area contributed by atoms with E-state index in [2.05, 4.69) is 43.7 Å². The number of carbonyl (C=O) groups excluding carboxylic acids is 5. The lowest BCUT2D eigenvalue weighted by molar-refractivity contribution is -0.137. The number of fused-ring (bicyclic) bond motifs is 2. The monoisotopic (exact) mass is 714 g/mol. The van der Waals surface area contributed by atoms with E-state index < -0.39 is 11.9 Å². The van der Waals surface area contributed by atoms with Crippen LogP contribution in [0.5, 0.6) is 0 Å². The zero-order valence-corrected chi connectivity index (χ0v) is 29.6. The fourth-order valence-electron chi connectivity index (χ4n) is 8.01. The Morgan fingerprint density at radius 1 is 0.906 bits per heavy atom. The number of H-pyrrole nitrogens is 1. The van der Waals surface area contributed by atoms with Crippen molar-refractivity contribution in [3.05, 3.63) is 112 Å². The molecule has 53 heavy (non-hydrogen) atoms. The van der Waals surface area contributed by atoms with E-state index in [9.17, 15) is 24.0 Å². The maximum absolute atomic E-state index is 13.2. The van der Waals surface area contributed by atoms with Crippen molar-refractivity contribution in [3.8, 4) is 0 Å². The number of hydrogen-bond donors (Lipinski definition) is 3. The van der Waals surface area contributed by atoms with E-state index in [-0.39, 0.29) is 30.0 Å².